The molecule has 1 unspecified atom stereocenters. The number of hydrogen-bond donors (Lipinski definition) is 2. The quantitative estimate of drug-likeness (QED) is 0.628. The van der Waals surface area contributed by atoms with Gasteiger partial charge in [-0.15, -0.1) is 12.4 Å². The zero-order valence-electron chi connectivity index (χ0n) is 6.90. The van der Waals surface area contributed by atoms with Gasteiger partial charge in [0.05, 0.1) is 6.10 Å². The zero-order chi connectivity index (χ0) is 8.27. The van der Waals surface area contributed by atoms with E-state index < -0.39 is 6.10 Å². The molecule has 72 valence electrons. The molecule has 5 heteroatoms. The number of β-amino-alcohol motifs (C(OH)–C–C–N with tert-alkyl or cyclic N) is 1. The first kappa shape index (κ1) is 11.7. The second-order valence-corrected chi connectivity index (χ2v) is 2.83. The third-order valence-corrected chi connectivity index (χ3v) is 1.87. The largest absolute Gasteiger partial charge is 0.390 e. The number of rotatable bonds is 3. The fourth-order valence-electron chi connectivity index (χ4n) is 1.23. The highest BCUT2D eigenvalue weighted by atomic mass is 35.5. The first-order chi connectivity index (χ1) is 5.24. The lowest BCUT2D eigenvalue weighted by Crippen LogP contribution is -2.37. The van der Waals surface area contributed by atoms with Crippen molar-refractivity contribution in [1.82, 2.24) is 4.90 Å². The van der Waals surface area contributed by atoms with Crippen LogP contribution in [0.2, 0.25) is 0 Å². The maximum absolute atomic E-state index is 11.0. The summed E-state index contributed by atoms with van der Waals surface area (Å²) in [6, 6.07) is 0. The van der Waals surface area contributed by atoms with Crippen LogP contribution in [0.5, 0.6) is 0 Å². The fraction of sp³-hybridized carbons (Fsp3) is 0.857. The second-order valence-electron chi connectivity index (χ2n) is 2.83. The van der Waals surface area contributed by atoms with E-state index in [0.29, 0.717) is 13.0 Å². The molecule has 1 aliphatic heterocycles. The van der Waals surface area contributed by atoms with E-state index in [4.69, 9.17) is 10.8 Å². The average molecular weight is 195 g/mol. The van der Waals surface area contributed by atoms with Crippen molar-refractivity contribution in [2.75, 3.05) is 19.6 Å². The van der Waals surface area contributed by atoms with Gasteiger partial charge in [-0.25, -0.2) is 0 Å². The zero-order valence-corrected chi connectivity index (χ0v) is 7.72. The normalized spacial score (nSPS) is 19.2. The summed E-state index contributed by atoms with van der Waals surface area (Å²) in [7, 11) is 0. The summed E-state index contributed by atoms with van der Waals surface area (Å²) in [6.45, 7) is 1.40. The standard InChI is InChI=1S/C7H14N2O2.ClH/c8-4-6(10)5-9-3-1-2-7(9)11;/h6,10H,1-5,8H2;1H. The second kappa shape index (κ2) is 5.35. The van der Waals surface area contributed by atoms with E-state index in [2.05, 4.69) is 0 Å². The lowest BCUT2D eigenvalue weighted by molar-refractivity contribution is -0.128. The van der Waals surface area contributed by atoms with E-state index in [0.717, 1.165) is 13.0 Å². The predicted octanol–water partition coefficient (Wildman–Crippen LogP) is -0.650. The monoisotopic (exact) mass is 194 g/mol. The van der Waals surface area contributed by atoms with E-state index in [1.807, 2.05) is 0 Å². The van der Waals surface area contributed by atoms with Gasteiger partial charge >= 0.3 is 0 Å². The van der Waals surface area contributed by atoms with E-state index in [1.54, 1.807) is 4.90 Å². The molecule has 1 atom stereocenters. The van der Waals surface area contributed by atoms with Crippen LogP contribution in [0.3, 0.4) is 0 Å². The number of hydrogen-bond acceptors (Lipinski definition) is 3. The number of aliphatic hydroxyl groups is 1. The number of carbonyl (C=O) groups excluding carboxylic acids is 1. The van der Waals surface area contributed by atoms with Crippen LogP contribution in [-0.2, 0) is 4.79 Å². The lowest BCUT2D eigenvalue weighted by Gasteiger charge is -2.18. The van der Waals surface area contributed by atoms with Crippen molar-refractivity contribution in [3.05, 3.63) is 0 Å². The molecular weight excluding hydrogens is 180 g/mol. The molecule has 0 bridgehead atoms. The van der Waals surface area contributed by atoms with E-state index in [-0.39, 0.29) is 24.9 Å². The Labute approximate surface area is 78.1 Å². The summed E-state index contributed by atoms with van der Waals surface area (Å²) >= 11 is 0. The van der Waals surface area contributed by atoms with Crippen molar-refractivity contribution < 1.29 is 9.90 Å². The number of halogens is 1. The molecule has 1 amide bonds. The Morgan fingerprint density at radius 1 is 1.67 bits per heavy atom. The molecule has 1 aliphatic rings. The van der Waals surface area contributed by atoms with Crippen LogP contribution >= 0.6 is 12.4 Å². The molecule has 3 N–H and O–H groups in total. The van der Waals surface area contributed by atoms with Gasteiger partial charge in [-0.3, -0.25) is 4.79 Å². The van der Waals surface area contributed by atoms with Crippen LogP contribution in [-0.4, -0.2) is 41.7 Å². The Morgan fingerprint density at radius 3 is 2.75 bits per heavy atom. The third kappa shape index (κ3) is 2.97. The topological polar surface area (TPSA) is 66.6 Å². The number of amides is 1. The van der Waals surface area contributed by atoms with Gasteiger partial charge in [0.1, 0.15) is 0 Å². The number of nitrogens with zero attached hydrogens (tertiary/aromatic N) is 1. The minimum atomic E-state index is -0.558. The number of aliphatic hydroxyl groups excluding tert-OH is 1. The Balaban J connectivity index is 0.00000121. The molecule has 12 heavy (non-hydrogen) atoms. The van der Waals surface area contributed by atoms with Crippen molar-refractivity contribution in [3.8, 4) is 0 Å². The Morgan fingerprint density at radius 2 is 2.33 bits per heavy atom. The molecule has 4 nitrogen and oxygen atoms in total. The highest BCUT2D eigenvalue weighted by Gasteiger charge is 2.21. The summed E-state index contributed by atoms with van der Waals surface area (Å²) < 4.78 is 0. The fourth-order valence-corrected chi connectivity index (χ4v) is 1.23. The summed E-state index contributed by atoms with van der Waals surface area (Å²) in [5.74, 6) is 0.137. The van der Waals surface area contributed by atoms with Crippen LogP contribution in [0.25, 0.3) is 0 Å². The molecular formula is C7H15ClN2O2. The van der Waals surface area contributed by atoms with Gasteiger partial charge in [0.25, 0.3) is 0 Å². The van der Waals surface area contributed by atoms with Gasteiger partial charge in [0.2, 0.25) is 5.91 Å². The first-order valence-electron chi connectivity index (χ1n) is 3.90. The maximum Gasteiger partial charge on any atom is 0.222 e. The summed E-state index contributed by atoms with van der Waals surface area (Å²) in [5, 5.41) is 9.12. The number of nitrogens with two attached hydrogens (primary N) is 1. The molecule has 1 heterocycles. The van der Waals surface area contributed by atoms with E-state index in [1.165, 1.54) is 0 Å². The smallest absolute Gasteiger partial charge is 0.222 e. The molecule has 0 saturated carbocycles. The highest BCUT2D eigenvalue weighted by molar-refractivity contribution is 5.85. The third-order valence-electron chi connectivity index (χ3n) is 1.87. The van der Waals surface area contributed by atoms with E-state index in [9.17, 15) is 4.79 Å². The maximum atomic E-state index is 11.0. The Hall–Kier alpha value is -0.320. The number of carbonyl (C=O) groups is 1. The predicted molar refractivity (Wildman–Crippen MR) is 48.1 cm³/mol. The summed E-state index contributed by atoms with van der Waals surface area (Å²) in [6.07, 6.45) is 0.977. The van der Waals surface area contributed by atoms with Crippen LogP contribution in [0.1, 0.15) is 12.8 Å². The van der Waals surface area contributed by atoms with Crippen molar-refractivity contribution in [1.29, 1.82) is 0 Å². The summed E-state index contributed by atoms with van der Waals surface area (Å²) in [5.41, 5.74) is 5.21. The van der Waals surface area contributed by atoms with Crippen molar-refractivity contribution in [2.24, 2.45) is 5.73 Å². The molecule has 0 aromatic rings. The first-order valence-corrected chi connectivity index (χ1v) is 3.90. The minimum absolute atomic E-state index is 0. The van der Waals surface area contributed by atoms with Gasteiger partial charge in [-0.2, -0.15) is 0 Å². The van der Waals surface area contributed by atoms with Crippen molar-refractivity contribution in [3.63, 3.8) is 0 Å². The highest BCUT2D eigenvalue weighted by Crippen LogP contribution is 2.09. The summed E-state index contributed by atoms with van der Waals surface area (Å²) in [4.78, 5) is 12.7. The van der Waals surface area contributed by atoms with Crippen LogP contribution in [0, 0.1) is 0 Å². The van der Waals surface area contributed by atoms with Crippen LogP contribution < -0.4 is 5.73 Å². The van der Waals surface area contributed by atoms with Crippen LogP contribution in [0.4, 0.5) is 0 Å². The Bertz CT molecular complexity index is 154. The van der Waals surface area contributed by atoms with E-state index >= 15 is 0 Å². The van der Waals surface area contributed by atoms with Gasteiger partial charge in [-0.05, 0) is 6.42 Å². The number of likely N-dealkylation sites (tertiary alicyclic amines) is 1. The van der Waals surface area contributed by atoms with Gasteiger partial charge < -0.3 is 15.7 Å². The minimum Gasteiger partial charge on any atom is -0.390 e. The molecule has 0 aromatic heterocycles. The Kier molecular flexibility index (Phi) is 5.20. The molecule has 1 saturated heterocycles. The lowest BCUT2D eigenvalue weighted by atomic mass is 10.3. The SMILES string of the molecule is Cl.NCC(O)CN1CCCC1=O. The van der Waals surface area contributed by atoms with Gasteiger partial charge in [0.15, 0.2) is 0 Å². The van der Waals surface area contributed by atoms with Crippen LogP contribution in [0.15, 0.2) is 0 Å². The van der Waals surface area contributed by atoms with Crippen molar-refractivity contribution >= 4 is 18.3 Å². The average Bonchev–Trinajstić information content (AvgIpc) is 2.37. The molecule has 1 fully saturated rings. The molecule has 1 rings (SSSR count). The molecule has 0 radical (unpaired) electrons. The van der Waals surface area contributed by atoms with Crippen molar-refractivity contribution in [2.45, 2.75) is 18.9 Å². The van der Waals surface area contributed by atoms with Gasteiger partial charge in [-0.1, -0.05) is 0 Å². The molecule has 0 spiro atoms. The molecule has 0 aliphatic carbocycles. The molecule has 0 aromatic carbocycles. The van der Waals surface area contributed by atoms with Gasteiger partial charge in [0, 0.05) is 26.1 Å².